The lowest BCUT2D eigenvalue weighted by molar-refractivity contribution is -0.0342. The zero-order valence-corrected chi connectivity index (χ0v) is 22.7. The third-order valence-corrected chi connectivity index (χ3v) is 7.91. The Morgan fingerprint density at radius 1 is 1.15 bits per heavy atom. The predicted molar refractivity (Wildman–Crippen MR) is 142 cm³/mol. The van der Waals surface area contributed by atoms with E-state index < -0.39 is 13.7 Å². The molecule has 0 radical (unpaired) electrons. The first-order chi connectivity index (χ1) is 16.2. The molecule has 34 heavy (non-hydrogen) atoms. The second kappa shape index (κ2) is 12.2. The van der Waals surface area contributed by atoms with Crippen molar-refractivity contribution in [2.24, 2.45) is 0 Å². The summed E-state index contributed by atoms with van der Waals surface area (Å²) in [6, 6.07) is 8.54. The summed E-state index contributed by atoms with van der Waals surface area (Å²) in [6.45, 7) is 13.2. The number of carbonyl (C=O) groups is 1. The first kappa shape index (κ1) is 26.8. The molecule has 1 aromatic carbocycles. The third kappa shape index (κ3) is 7.86. The van der Waals surface area contributed by atoms with Crippen molar-refractivity contribution >= 4 is 14.2 Å². The zero-order valence-electron chi connectivity index (χ0n) is 21.7. The third-order valence-electron chi connectivity index (χ3n) is 7.03. The second-order valence-corrected chi connectivity index (χ2v) is 15.8. The normalized spacial score (nSPS) is 19.7. The van der Waals surface area contributed by atoms with Crippen molar-refractivity contribution in [2.45, 2.75) is 83.0 Å². The van der Waals surface area contributed by atoms with Crippen molar-refractivity contribution in [1.82, 2.24) is 9.80 Å². The summed E-state index contributed by atoms with van der Waals surface area (Å²) in [5.41, 5.74) is 5.03. The van der Waals surface area contributed by atoms with Crippen LogP contribution in [0, 0.1) is 11.5 Å². The molecule has 1 aliphatic heterocycles. The number of hydrogen-bond donors (Lipinski definition) is 1. The van der Waals surface area contributed by atoms with Gasteiger partial charge < -0.3 is 14.7 Å². The van der Waals surface area contributed by atoms with Crippen LogP contribution in [-0.2, 0) is 4.74 Å². The summed E-state index contributed by atoms with van der Waals surface area (Å²) >= 11 is 0. The van der Waals surface area contributed by atoms with Crippen molar-refractivity contribution in [2.75, 3.05) is 39.3 Å². The number of benzene rings is 1. The molecule has 2 aliphatic rings. The summed E-state index contributed by atoms with van der Waals surface area (Å²) in [5.74, 6) is 3.44. The molecule has 1 aliphatic carbocycles. The molecule has 0 bridgehead atoms. The molecule has 1 amide bonds. The van der Waals surface area contributed by atoms with Crippen LogP contribution in [0.25, 0.3) is 0 Å². The molecule has 188 valence electrons. The monoisotopic (exact) mass is 484 g/mol. The number of amides is 1. The van der Waals surface area contributed by atoms with Gasteiger partial charge in [-0.15, -0.1) is 5.54 Å². The van der Waals surface area contributed by atoms with Gasteiger partial charge in [0, 0.05) is 44.2 Å². The quantitative estimate of drug-likeness (QED) is 0.326. The molecule has 3 rings (SSSR count). The standard InChI is InChI=1S/C28H44N2O3Si/c1-5-6-20-33-27(31)30-18-16-29(17-19-30)23-26(28(32)14-8-7-9-15-28)25-12-10-11-24(22-25)13-21-34(2,3)4/h10-12,22,26,32H,5-9,14-20,23H2,1-4H3. The number of rotatable bonds is 7. The number of aliphatic hydroxyl groups is 1. The average Bonchev–Trinajstić information content (AvgIpc) is 2.82. The van der Waals surface area contributed by atoms with Gasteiger partial charge in [0.05, 0.1) is 12.2 Å². The molecule has 1 atom stereocenters. The van der Waals surface area contributed by atoms with Crippen molar-refractivity contribution in [3.05, 3.63) is 35.4 Å². The lowest BCUT2D eigenvalue weighted by atomic mass is 9.72. The van der Waals surface area contributed by atoms with E-state index in [1.165, 1.54) is 12.0 Å². The molecule has 1 aromatic rings. The smallest absolute Gasteiger partial charge is 0.409 e. The van der Waals surface area contributed by atoms with Gasteiger partial charge in [0.25, 0.3) is 0 Å². The highest BCUT2D eigenvalue weighted by Gasteiger charge is 2.40. The Balaban J connectivity index is 1.72. The summed E-state index contributed by atoms with van der Waals surface area (Å²) in [7, 11) is -1.45. The Hall–Kier alpha value is -1.81. The predicted octanol–water partition coefficient (Wildman–Crippen LogP) is 5.25. The van der Waals surface area contributed by atoms with E-state index in [1.54, 1.807) is 0 Å². The number of piperazine rings is 1. The van der Waals surface area contributed by atoms with Gasteiger partial charge in [0.15, 0.2) is 0 Å². The van der Waals surface area contributed by atoms with Gasteiger partial charge >= 0.3 is 6.09 Å². The summed E-state index contributed by atoms with van der Waals surface area (Å²) in [6.07, 6.45) is 6.82. The van der Waals surface area contributed by atoms with E-state index in [9.17, 15) is 9.90 Å². The van der Waals surface area contributed by atoms with Crippen LogP contribution < -0.4 is 0 Å². The molecular formula is C28H44N2O3Si. The molecule has 6 heteroatoms. The van der Waals surface area contributed by atoms with E-state index >= 15 is 0 Å². The highest BCUT2D eigenvalue weighted by atomic mass is 28.3. The molecule has 1 saturated carbocycles. The van der Waals surface area contributed by atoms with Gasteiger partial charge in [-0.25, -0.2) is 4.79 Å². The second-order valence-electron chi connectivity index (χ2n) is 11.1. The fraction of sp³-hybridized carbons (Fsp3) is 0.679. The van der Waals surface area contributed by atoms with Gasteiger partial charge in [-0.3, -0.25) is 4.90 Å². The molecule has 1 unspecified atom stereocenters. The lowest BCUT2D eigenvalue weighted by Crippen LogP contribution is -2.52. The maximum Gasteiger partial charge on any atom is 0.409 e. The average molecular weight is 485 g/mol. The maximum absolute atomic E-state index is 12.3. The minimum Gasteiger partial charge on any atom is -0.449 e. The Morgan fingerprint density at radius 2 is 1.85 bits per heavy atom. The number of ether oxygens (including phenoxy) is 1. The van der Waals surface area contributed by atoms with Crippen molar-refractivity contribution in [3.63, 3.8) is 0 Å². The van der Waals surface area contributed by atoms with E-state index in [0.29, 0.717) is 19.7 Å². The summed E-state index contributed by atoms with van der Waals surface area (Å²) < 4.78 is 5.40. The van der Waals surface area contributed by atoms with E-state index in [0.717, 1.165) is 63.7 Å². The fourth-order valence-electron chi connectivity index (χ4n) is 4.96. The SMILES string of the molecule is CCCCOC(=O)N1CCN(CC(c2cccc(C#C[Si](C)(C)C)c2)C2(O)CCCCC2)CC1. The molecule has 0 aromatic heterocycles. The van der Waals surface area contributed by atoms with Crippen LogP contribution in [0.4, 0.5) is 4.79 Å². The van der Waals surface area contributed by atoms with Crippen LogP contribution >= 0.6 is 0 Å². The van der Waals surface area contributed by atoms with Crippen molar-refractivity contribution in [3.8, 4) is 11.5 Å². The zero-order chi connectivity index (χ0) is 24.6. The van der Waals surface area contributed by atoms with Crippen molar-refractivity contribution in [1.29, 1.82) is 0 Å². The Bertz CT molecular complexity index is 856. The molecular weight excluding hydrogens is 440 g/mol. The Morgan fingerprint density at radius 3 is 2.50 bits per heavy atom. The molecule has 5 nitrogen and oxygen atoms in total. The highest BCUT2D eigenvalue weighted by Crippen LogP contribution is 2.40. The lowest BCUT2D eigenvalue weighted by Gasteiger charge is -2.43. The Labute approximate surface area is 207 Å². The molecule has 1 N–H and O–H groups in total. The van der Waals surface area contributed by atoms with Gasteiger partial charge in [-0.1, -0.05) is 70.3 Å². The molecule has 1 saturated heterocycles. The highest BCUT2D eigenvalue weighted by molar-refractivity contribution is 6.83. The van der Waals surface area contributed by atoms with Crippen LogP contribution in [-0.4, -0.2) is 74.0 Å². The number of hydrogen-bond acceptors (Lipinski definition) is 4. The van der Waals surface area contributed by atoms with Crippen LogP contribution in [0.1, 0.15) is 68.9 Å². The van der Waals surface area contributed by atoms with Gasteiger partial charge in [0.1, 0.15) is 8.07 Å². The van der Waals surface area contributed by atoms with Crippen LogP contribution in [0.15, 0.2) is 24.3 Å². The van der Waals surface area contributed by atoms with Crippen LogP contribution in [0.3, 0.4) is 0 Å². The van der Waals surface area contributed by atoms with E-state index in [2.05, 4.69) is 67.2 Å². The number of carbonyl (C=O) groups excluding carboxylic acids is 1. The topological polar surface area (TPSA) is 53.0 Å². The van der Waals surface area contributed by atoms with E-state index in [-0.39, 0.29) is 12.0 Å². The first-order valence-corrected chi connectivity index (χ1v) is 16.7. The largest absolute Gasteiger partial charge is 0.449 e. The summed E-state index contributed by atoms with van der Waals surface area (Å²) in [4.78, 5) is 16.6. The van der Waals surface area contributed by atoms with Gasteiger partial charge in [-0.05, 0) is 37.0 Å². The van der Waals surface area contributed by atoms with Gasteiger partial charge in [0.2, 0.25) is 0 Å². The molecule has 1 heterocycles. The van der Waals surface area contributed by atoms with Crippen molar-refractivity contribution < 1.29 is 14.6 Å². The van der Waals surface area contributed by atoms with Crippen LogP contribution in [0.2, 0.25) is 19.6 Å². The minimum atomic E-state index is -1.45. The number of nitrogens with zero attached hydrogens (tertiary/aromatic N) is 2. The van der Waals surface area contributed by atoms with Crippen LogP contribution in [0.5, 0.6) is 0 Å². The van der Waals surface area contributed by atoms with E-state index in [1.807, 2.05) is 4.90 Å². The number of unbranched alkanes of at least 4 members (excludes halogenated alkanes) is 1. The molecule has 2 fully saturated rings. The maximum atomic E-state index is 12.3. The van der Waals surface area contributed by atoms with Gasteiger partial charge in [-0.2, -0.15) is 0 Å². The first-order valence-electron chi connectivity index (χ1n) is 13.2. The summed E-state index contributed by atoms with van der Waals surface area (Å²) in [5, 5.41) is 11.8. The fourth-order valence-corrected chi connectivity index (χ4v) is 5.48. The van der Waals surface area contributed by atoms with E-state index in [4.69, 9.17) is 4.74 Å². The minimum absolute atomic E-state index is 0.0458. The Kier molecular flexibility index (Phi) is 9.64. The molecule has 0 spiro atoms.